The van der Waals surface area contributed by atoms with Crippen molar-refractivity contribution in [3.8, 4) is 6.07 Å². The van der Waals surface area contributed by atoms with E-state index in [4.69, 9.17) is 5.26 Å². The molecule has 0 amide bonds. The third kappa shape index (κ3) is 3.79. The van der Waals surface area contributed by atoms with Gasteiger partial charge in [-0.1, -0.05) is 38.1 Å². The highest BCUT2D eigenvalue weighted by Gasteiger charge is 2.16. The van der Waals surface area contributed by atoms with Crippen LogP contribution in [0.2, 0.25) is 0 Å². The second kappa shape index (κ2) is 6.49. The van der Waals surface area contributed by atoms with Crippen LogP contribution in [0.25, 0.3) is 10.9 Å². The van der Waals surface area contributed by atoms with Gasteiger partial charge in [-0.15, -0.1) is 0 Å². The second-order valence-corrected chi connectivity index (χ2v) is 5.92. The largest absolute Gasteiger partial charge is 0.312 e. The number of nitrogens with zero attached hydrogens (tertiary/aromatic N) is 2. The summed E-state index contributed by atoms with van der Waals surface area (Å²) in [6, 6.07) is 12.5. The van der Waals surface area contributed by atoms with E-state index in [0.717, 1.165) is 25.0 Å². The lowest BCUT2D eigenvalue weighted by Crippen LogP contribution is -2.29. The molecule has 2 aromatic rings. The summed E-state index contributed by atoms with van der Waals surface area (Å²) in [6.07, 6.45) is 3.37. The van der Waals surface area contributed by atoms with Crippen LogP contribution >= 0.6 is 0 Å². The van der Waals surface area contributed by atoms with E-state index < -0.39 is 0 Å². The molecule has 1 aromatic carbocycles. The first-order chi connectivity index (χ1) is 9.62. The third-order valence-electron chi connectivity index (χ3n) is 3.55. The Balaban J connectivity index is 1.98. The zero-order chi connectivity index (χ0) is 14.4. The molecule has 0 bridgehead atoms. The number of fused-ring (bicyclic) bond motifs is 1. The number of hydrogen-bond acceptors (Lipinski definition) is 3. The molecule has 2 rings (SSSR count). The third-order valence-corrected chi connectivity index (χ3v) is 3.55. The highest BCUT2D eigenvalue weighted by Crippen LogP contribution is 2.21. The van der Waals surface area contributed by atoms with Gasteiger partial charge in [0.15, 0.2) is 0 Å². The predicted octanol–water partition coefficient (Wildman–Crippen LogP) is 3.65. The van der Waals surface area contributed by atoms with Crippen LogP contribution in [0.5, 0.6) is 0 Å². The summed E-state index contributed by atoms with van der Waals surface area (Å²) in [5.41, 5.74) is 2.44. The standard InChI is InChI=1S/C17H21N3/c1-17(2,9-5-10-18)13-19-12-15-7-3-6-14-8-4-11-20-16(14)15/h3-4,6-8,11,19H,5,9,12-13H2,1-2H3. The van der Waals surface area contributed by atoms with Gasteiger partial charge in [-0.2, -0.15) is 5.26 Å². The van der Waals surface area contributed by atoms with Gasteiger partial charge in [-0.3, -0.25) is 4.98 Å². The van der Waals surface area contributed by atoms with E-state index in [9.17, 15) is 0 Å². The fourth-order valence-electron chi connectivity index (χ4n) is 2.33. The Morgan fingerprint density at radius 3 is 2.85 bits per heavy atom. The van der Waals surface area contributed by atoms with Gasteiger partial charge in [0.1, 0.15) is 0 Å². The van der Waals surface area contributed by atoms with Crippen LogP contribution in [0.1, 0.15) is 32.3 Å². The summed E-state index contributed by atoms with van der Waals surface area (Å²) in [5, 5.41) is 13.3. The molecule has 0 fully saturated rings. The Morgan fingerprint density at radius 1 is 1.25 bits per heavy atom. The van der Waals surface area contributed by atoms with Crippen molar-refractivity contribution in [2.24, 2.45) is 5.41 Å². The van der Waals surface area contributed by atoms with Gasteiger partial charge in [-0.05, 0) is 23.5 Å². The Bertz CT molecular complexity index is 606. The van der Waals surface area contributed by atoms with E-state index in [0.29, 0.717) is 6.42 Å². The molecule has 3 nitrogen and oxygen atoms in total. The van der Waals surface area contributed by atoms with Gasteiger partial charge >= 0.3 is 0 Å². The van der Waals surface area contributed by atoms with E-state index >= 15 is 0 Å². The van der Waals surface area contributed by atoms with Gasteiger partial charge in [0.05, 0.1) is 11.6 Å². The maximum Gasteiger partial charge on any atom is 0.0746 e. The first-order valence-corrected chi connectivity index (χ1v) is 7.03. The van der Waals surface area contributed by atoms with Crippen LogP contribution in [-0.4, -0.2) is 11.5 Å². The molecule has 0 aliphatic carbocycles. The first-order valence-electron chi connectivity index (χ1n) is 7.03. The summed E-state index contributed by atoms with van der Waals surface area (Å²) >= 11 is 0. The SMILES string of the molecule is CC(C)(CCC#N)CNCc1cccc2cccnc12. The molecule has 20 heavy (non-hydrogen) atoms. The van der Waals surface area contributed by atoms with Crippen molar-refractivity contribution in [3.63, 3.8) is 0 Å². The maximum atomic E-state index is 8.67. The van der Waals surface area contributed by atoms with Crippen LogP contribution in [0.4, 0.5) is 0 Å². The quantitative estimate of drug-likeness (QED) is 0.869. The zero-order valence-electron chi connectivity index (χ0n) is 12.2. The van der Waals surface area contributed by atoms with Crippen molar-refractivity contribution in [2.75, 3.05) is 6.54 Å². The van der Waals surface area contributed by atoms with Crippen molar-refractivity contribution in [3.05, 3.63) is 42.1 Å². The van der Waals surface area contributed by atoms with Crippen molar-refractivity contribution < 1.29 is 0 Å². The van der Waals surface area contributed by atoms with Crippen molar-refractivity contribution >= 4 is 10.9 Å². The number of nitrogens with one attached hydrogen (secondary N) is 1. The molecular weight excluding hydrogens is 246 g/mol. The van der Waals surface area contributed by atoms with Crippen LogP contribution in [0.3, 0.4) is 0 Å². The van der Waals surface area contributed by atoms with E-state index in [2.05, 4.69) is 54.5 Å². The fraction of sp³-hybridized carbons (Fsp3) is 0.412. The van der Waals surface area contributed by atoms with Gasteiger partial charge in [0, 0.05) is 31.1 Å². The zero-order valence-corrected chi connectivity index (χ0v) is 12.2. The van der Waals surface area contributed by atoms with Crippen molar-refractivity contribution in [1.29, 1.82) is 5.26 Å². The summed E-state index contributed by atoms with van der Waals surface area (Å²) in [6.45, 7) is 6.10. The Labute approximate surface area is 120 Å². The van der Waals surface area contributed by atoms with Crippen LogP contribution in [0.15, 0.2) is 36.5 Å². The van der Waals surface area contributed by atoms with Gasteiger partial charge < -0.3 is 5.32 Å². The molecule has 0 saturated carbocycles. The number of para-hydroxylation sites is 1. The molecule has 1 heterocycles. The van der Waals surface area contributed by atoms with E-state index in [-0.39, 0.29) is 5.41 Å². The minimum atomic E-state index is 0.147. The molecule has 0 saturated heterocycles. The topological polar surface area (TPSA) is 48.7 Å². The molecule has 0 radical (unpaired) electrons. The highest BCUT2D eigenvalue weighted by atomic mass is 14.9. The molecule has 0 unspecified atom stereocenters. The number of hydrogen-bond donors (Lipinski definition) is 1. The lowest BCUT2D eigenvalue weighted by atomic mass is 9.88. The van der Waals surface area contributed by atoms with E-state index in [1.165, 1.54) is 10.9 Å². The number of aromatic nitrogens is 1. The molecule has 0 atom stereocenters. The smallest absolute Gasteiger partial charge is 0.0746 e. The summed E-state index contributed by atoms with van der Waals surface area (Å²) in [4.78, 5) is 4.46. The average molecular weight is 267 g/mol. The molecule has 1 N–H and O–H groups in total. The number of benzene rings is 1. The molecular formula is C17H21N3. The minimum absolute atomic E-state index is 0.147. The van der Waals surface area contributed by atoms with Gasteiger partial charge in [-0.25, -0.2) is 0 Å². The fourth-order valence-corrected chi connectivity index (χ4v) is 2.33. The molecule has 104 valence electrons. The average Bonchev–Trinajstić information content (AvgIpc) is 2.45. The Kier molecular flexibility index (Phi) is 4.70. The normalized spacial score (nSPS) is 11.4. The van der Waals surface area contributed by atoms with Gasteiger partial charge in [0.25, 0.3) is 0 Å². The van der Waals surface area contributed by atoms with Crippen LogP contribution in [-0.2, 0) is 6.54 Å². The number of nitriles is 1. The summed E-state index contributed by atoms with van der Waals surface area (Å²) in [7, 11) is 0. The van der Waals surface area contributed by atoms with Crippen molar-refractivity contribution in [2.45, 2.75) is 33.2 Å². The summed E-state index contributed by atoms with van der Waals surface area (Å²) < 4.78 is 0. The van der Waals surface area contributed by atoms with E-state index in [1.807, 2.05) is 12.3 Å². The summed E-state index contributed by atoms with van der Waals surface area (Å²) in [5.74, 6) is 0. The van der Waals surface area contributed by atoms with Gasteiger partial charge in [0.2, 0.25) is 0 Å². The lowest BCUT2D eigenvalue weighted by molar-refractivity contribution is 0.317. The van der Waals surface area contributed by atoms with Crippen molar-refractivity contribution in [1.82, 2.24) is 10.3 Å². The molecule has 0 aliphatic heterocycles. The lowest BCUT2D eigenvalue weighted by Gasteiger charge is -2.24. The van der Waals surface area contributed by atoms with Crippen LogP contribution < -0.4 is 5.32 Å². The molecule has 1 aromatic heterocycles. The number of rotatable bonds is 6. The monoisotopic (exact) mass is 267 g/mol. The second-order valence-electron chi connectivity index (χ2n) is 5.92. The maximum absolute atomic E-state index is 8.67. The molecule has 0 spiro atoms. The minimum Gasteiger partial charge on any atom is -0.312 e. The molecule has 3 heteroatoms. The predicted molar refractivity (Wildman–Crippen MR) is 82.1 cm³/mol. The Hall–Kier alpha value is -1.92. The Morgan fingerprint density at radius 2 is 2.05 bits per heavy atom. The van der Waals surface area contributed by atoms with Crippen LogP contribution in [0, 0.1) is 16.7 Å². The first kappa shape index (κ1) is 14.5. The molecule has 0 aliphatic rings. The number of pyridine rings is 1. The van der Waals surface area contributed by atoms with E-state index in [1.54, 1.807) is 0 Å². The highest BCUT2D eigenvalue weighted by molar-refractivity contribution is 5.81.